The van der Waals surface area contributed by atoms with Crippen LogP contribution in [0, 0.1) is 0 Å². The van der Waals surface area contributed by atoms with Gasteiger partial charge in [-0.05, 0) is 97.1 Å². The third-order valence-electron chi connectivity index (χ3n) is 9.43. The minimum atomic E-state index is 0.583. The molecule has 5 aromatic heterocycles. The molecule has 0 spiro atoms. The normalized spacial score (nSPS) is 11.3. The highest BCUT2D eigenvalue weighted by atomic mass is 15.1. The Bertz CT molecular complexity index is 2720. The standard InChI is InChI=1S/C45H29N9/c1-2-8-30(9-3-1)41-50-42(31-14-18-35(19-15-31)53-39-12-6-4-10-37(39)48-44(53)33-22-26-46-27-23-33)52-43(51-41)32-16-20-36(21-17-32)54-40-13-7-5-11-38(40)49-45(54)34-24-28-47-29-25-34/h1-29H. The summed E-state index contributed by atoms with van der Waals surface area (Å²) in [4.78, 5) is 33.4. The summed E-state index contributed by atoms with van der Waals surface area (Å²) in [5.74, 6) is 3.46. The first-order valence-electron chi connectivity index (χ1n) is 17.6. The van der Waals surface area contributed by atoms with Crippen molar-refractivity contribution in [2.75, 3.05) is 0 Å². The summed E-state index contributed by atoms with van der Waals surface area (Å²) in [5.41, 5.74) is 10.5. The predicted octanol–water partition coefficient (Wildman–Crippen LogP) is 9.67. The van der Waals surface area contributed by atoms with Gasteiger partial charge >= 0.3 is 0 Å². The van der Waals surface area contributed by atoms with Crippen LogP contribution < -0.4 is 0 Å². The number of aromatic nitrogens is 9. The third kappa shape index (κ3) is 5.57. The quantitative estimate of drug-likeness (QED) is 0.164. The van der Waals surface area contributed by atoms with E-state index in [0.29, 0.717) is 17.5 Å². The average Bonchev–Trinajstić information content (AvgIpc) is 3.84. The molecule has 5 heterocycles. The molecule has 0 amide bonds. The number of pyridine rings is 2. The summed E-state index contributed by atoms with van der Waals surface area (Å²) in [6.07, 6.45) is 7.16. The molecule has 0 aliphatic rings. The number of para-hydroxylation sites is 4. The molecule has 0 saturated heterocycles. The SMILES string of the molecule is c1ccc(-c2nc(-c3ccc(-n4c(-c5ccncc5)nc5ccccc54)cc3)nc(-c3ccc(-n4c(-c5ccncc5)nc5ccccc54)cc3)n2)cc1. The molecule has 0 unspecified atom stereocenters. The molecule has 0 N–H and O–H groups in total. The Morgan fingerprint density at radius 2 is 0.667 bits per heavy atom. The van der Waals surface area contributed by atoms with Gasteiger partial charge in [0.2, 0.25) is 0 Å². The van der Waals surface area contributed by atoms with Gasteiger partial charge in [-0.3, -0.25) is 19.1 Å². The van der Waals surface area contributed by atoms with Crippen molar-refractivity contribution in [1.29, 1.82) is 0 Å². The van der Waals surface area contributed by atoms with Crippen LogP contribution in [0.25, 0.3) is 90.4 Å². The number of hydrogen-bond donors (Lipinski definition) is 0. The van der Waals surface area contributed by atoms with Crippen LogP contribution in [0.5, 0.6) is 0 Å². The molecule has 0 atom stereocenters. The van der Waals surface area contributed by atoms with E-state index in [1.165, 1.54) is 0 Å². The first kappa shape index (κ1) is 31.1. The molecule has 0 radical (unpaired) electrons. The van der Waals surface area contributed by atoms with E-state index >= 15 is 0 Å². The maximum absolute atomic E-state index is 5.04. The van der Waals surface area contributed by atoms with Crippen molar-refractivity contribution in [1.82, 2.24) is 44.0 Å². The van der Waals surface area contributed by atoms with Gasteiger partial charge in [-0.25, -0.2) is 24.9 Å². The number of imidazole rings is 2. The summed E-state index contributed by atoms with van der Waals surface area (Å²) in [7, 11) is 0. The Kier molecular flexibility index (Phi) is 7.58. The first-order valence-corrected chi connectivity index (χ1v) is 17.6. The minimum absolute atomic E-state index is 0.583. The first-order chi connectivity index (χ1) is 26.8. The zero-order chi connectivity index (χ0) is 35.8. The molecular formula is C45H29N9. The molecular weight excluding hydrogens is 667 g/mol. The van der Waals surface area contributed by atoms with E-state index < -0.39 is 0 Å². The van der Waals surface area contributed by atoms with Crippen LogP contribution in [0.15, 0.2) is 176 Å². The highest BCUT2D eigenvalue weighted by molar-refractivity contribution is 5.84. The second kappa shape index (κ2) is 13.2. The molecule has 9 heteroatoms. The van der Waals surface area contributed by atoms with Gasteiger partial charge < -0.3 is 0 Å². The van der Waals surface area contributed by atoms with Crippen LogP contribution in [0.2, 0.25) is 0 Å². The number of fused-ring (bicyclic) bond motifs is 2. The van der Waals surface area contributed by atoms with Crippen LogP contribution in [0.4, 0.5) is 0 Å². The van der Waals surface area contributed by atoms with E-state index in [0.717, 1.165) is 72.9 Å². The summed E-state index contributed by atoms with van der Waals surface area (Å²) < 4.78 is 4.35. The highest BCUT2D eigenvalue weighted by Crippen LogP contribution is 2.32. The Morgan fingerprint density at radius 3 is 1.09 bits per heavy atom. The number of rotatable bonds is 7. The number of nitrogens with zero attached hydrogens (tertiary/aromatic N) is 9. The van der Waals surface area contributed by atoms with Crippen molar-refractivity contribution < 1.29 is 0 Å². The molecule has 0 aliphatic heterocycles. The molecule has 54 heavy (non-hydrogen) atoms. The monoisotopic (exact) mass is 695 g/mol. The van der Waals surface area contributed by atoms with Gasteiger partial charge in [-0.2, -0.15) is 0 Å². The summed E-state index contributed by atoms with van der Waals surface area (Å²) in [6.45, 7) is 0. The molecule has 5 aromatic carbocycles. The van der Waals surface area contributed by atoms with Crippen molar-refractivity contribution in [2.45, 2.75) is 0 Å². The van der Waals surface area contributed by atoms with E-state index in [-0.39, 0.29) is 0 Å². The van der Waals surface area contributed by atoms with Gasteiger partial charge in [0.1, 0.15) is 11.6 Å². The van der Waals surface area contributed by atoms with Crippen LogP contribution >= 0.6 is 0 Å². The molecule has 0 saturated carbocycles. The Morgan fingerprint density at radius 1 is 0.296 bits per heavy atom. The van der Waals surface area contributed by atoms with E-state index in [1.54, 1.807) is 24.8 Å². The van der Waals surface area contributed by atoms with E-state index in [9.17, 15) is 0 Å². The predicted molar refractivity (Wildman–Crippen MR) is 212 cm³/mol. The Hall–Kier alpha value is -7.65. The smallest absolute Gasteiger partial charge is 0.164 e. The Balaban J connectivity index is 1.06. The molecule has 0 aliphatic carbocycles. The average molecular weight is 696 g/mol. The zero-order valence-corrected chi connectivity index (χ0v) is 28.8. The van der Waals surface area contributed by atoms with Crippen LogP contribution in [0.1, 0.15) is 0 Å². The fraction of sp³-hybridized carbons (Fsp3) is 0. The largest absolute Gasteiger partial charge is 0.292 e. The van der Waals surface area contributed by atoms with Crippen molar-refractivity contribution in [3.8, 4) is 68.3 Å². The van der Waals surface area contributed by atoms with Gasteiger partial charge in [-0.15, -0.1) is 0 Å². The molecule has 10 rings (SSSR count). The van der Waals surface area contributed by atoms with Gasteiger partial charge in [0.25, 0.3) is 0 Å². The van der Waals surface area contributed by atoms with Gasteiger partial charge in [0.15, 0.2) is 17.5 Å². The molecule has 0 fully saturated rings. The maximum atomic E-state index is 5.04. The van der Waals surface area contributed by atoms with E-state index in [4.69, 9.17) is 24.9 Å². The summed E-state index contributed by atoms with van der Waals surface area (Å²) >= 11 is 0. The summed E-state index contributed by atoms with van der Waals surface area (Å²) in [6, 6.07) is 50.8. The second-order valence-corrected chi connectivity index (χ2v) is 12.8. The summed E-state index contributed by atoms with van der Waals surface area (Å²) in [5, 5.41) is 0. The van der Waals surface area contributed by atoms with Crippen molar-refractivity contribution in [2.24, 2.45) is 0 Å². The van der Waals surface area contributed by atoms with Gasteiger partial charge in [-0.1, -0.05) is 54.6 Å². The third-order valence-corrected chi connectivity index (χ3v) is 9.43. The Labute approximate surface area is 310 Å². The lowest BCUT2D eigenvalue weighted by molar-refractivity contribution is 1.07. The maximum Gasteiger partial charge on any atom is 0.164 e. The minimum Gasteiger partial charge on any atom is -0.292 e. The highest BCUT2D eigenvalue weighted by Gasteiger charge is 2.18. The van der Waals surface area contributed by atoms with Gasteiger partial charge in [0.05, 0.1) is 22.1 Å². The molecule has 10 aromatic rings. The van der Waals surface area contributed by atoms with E-state index in [1.807, 2.05) is 91.0 Å². The van der Waals surface area contributed by atoms with Crippen LogP contribution in [0.3, 0.4) is 0 Å². The zero-order valence-electron chi connectivity index (χ0n) is 28.8. The van der Waals surface area contributed by atoms with E-state index in [2.05, 4.69) is 79.8 Å². The number of benzene rings is 5. The van der Waals surface area contributed by atoms with Crippen molar-refractivity contribution in [3.63, 3.8) is 0 Å². The lowest BCUT2D eigenvalue weighted by Gasteiger charge is -2.12. The van der Waals surface area contributed by atoms with Crippen molar-refractivity contribution >= 4 is 22.1 Å². The fourth-order valence-corrected chi connectivity index (χ4v) is 6.83. The topological polar surface area (TPSA) is 100 Å². The second-order valence-electron chi connectivity index (χ2n) is 12.8. The molecule has 254 valence electrons. The van der Waals surface area contributed by atoms with Crippen molar-refractivity contribution in [3.05, 3.63) is 176 Å². The molecule has 9 nitrogen and oxygen atoms in total. The van der Waals surface area contributed by atoms with Crippen LogP contribution in [-0.2, 0) is 0 Å². The van der Waals surface area contributed by atoms with Crippen LogP contribution in [-0.4, -0.2) is 44.0 Å². The van der Waals surface area contributed by atoms with Gasteiger partial charge in [0, 0.05) is 64.0 Å². The lowest BCUT2D eigenvalue weighted by Crippen LogP contribution is -2.02. The lowest BCUT2D eigenvalue weighted by atomic mass is 10.1. The fourth-order valence-electron chi connectivity index (χ4n) is 6.83. The number of hydrogen-bond acceptors (Lipinski definition) is 7. The molecule has 0 bridgehead atoms.